The van der Waals surface area contributed by atoms with Crippen LogP contribution in [-0.2, 0) is 26.2 Å². The van der Waals surface area contributed by atoms with Crippen LogP contribution in [0.1, 0.15) is 25.3 Å². The van der Waals surface area contributed by atoms with E-state index < -0.39 is 21.2 Å². The molecule has 2 aliphatic rings. The number of nitrogens with one attached hydrogen (secondary N) is 2. The van der Waals surface area contributed by atoms with Crippen LogP contribution in [0.4, 0.5) is 5.69 Å². The minimum atomic E-state index is -3.75. The van der Waals surface area contributed by atoms with Crippen molar-refractivity contribution in [1.82, 2.24) is 9.62 Å². The van der Waals surface area contributed by atoms with Crippen molar-refractivity contribution in [3.8, 4) is 0 Å². The maximum atomic E-state index is 12.9. The number of sulfonamides is 1. The molecule has 1 fully saturated rings. The Labute approximate surface area is 186 Å². The maximum Gasteiger partial charge on any atom is 0.247 e. The molecule has 1 saturated heterocycles. The molecule has 9 heteroatoms. The average Bonchev–Trinajstić information content (AvgIpc) is 2.77. The first kappa shape index (κ1) is 21.9. The zero-order chi connectivity index (χ0) is 22.0. The molecule has 0 aliphatic carbocycles. The number of carbonyl (C=O) groups is 2. The molecule has 0 bridgehead atoms. The van der Waals surface area contributed by atoms with Crippen molar-refractivity contribution in [2.75, 3.05) is 18.4 Å². The van der Waals surface area contributed by atoms with Crippen LogP contribution >= 0.6 is 11.8 Å². The molecule has 2 amide bonds. The van der Waals surface area contributed by atoms with Gasteiger partial charge in [0.1, 0.15) is 0 Å². The van der Waals surface area contributed by atoms with Gasteiger partial charge >= 0.3 is 0 Å². The Morgan fingerprint density at radius 3 is 2.58 bits per heavy atom. The highest BCUT2D eigenvalue weighted by atomic mass is 32.2. The molecule has 2 N–H and O–H groups in total. The number of carbonyl (C=O) groups excluding carboxylic acids is 2. The lowest BCUT2D eigenvalue weighted by Crippen LogP contribution is -2.47. The van der Waals surface area contributed by atoms with Gasteiger partial charge in [0, 0.05) is 24.5 Å². The summed E-state index contributed by atoms with van der Waals surface area (Å²) in [6.07, 6.45) is 1.89. The Morgan fingerprint density at radius 1 is 1.16 bits per heavy atom. The molecule has 164 valence electrons. The third kappa shape index (κ3) is 4.94. The third-order valence-corrected chi connectivity index (χ3v) is 8.29. The van der Waals surface area contributed by atoms with Gasteiger partial charge in [0.25, 0.3) is 0 Å². The highest BCUT2D eigenvalue weighted by molar-refractivity contribution is 8.01. The van der Waals surface area contributed by atoms with Gasteiger partial charge in [0.05, 0.1) is 10.6 Å². The lowest BCUT2D eigenvalue weighted by atomic mass is 9.99. The van der Waals surface area contributed by atoms with Gasteiger partial charge in [-0.05, 0) is 42.5 Å². The molecular weight excluding hydrogens is 434 g/mol. The van der Waals surface area contributed by atoms with Crippen LogP contribution in [0.15, 0.2) is 58.3 Å². The second-order valence-electron chi connectivity index (χ2n) is 7.96. The molecule has 2 heterocycles. The number of hydrogen-bond donors (Lipinski definition) is 2. The minimum Gasteiger partial charge on any atom is -0.341 e. The maximum absolute atomic E-state index is 12.9. The molecule has 0 radical (unpaired) electrons. The van der Waals surface area contributed by atoms with Gasteiger partial charge in [-0.15, -0.1) is 11.8 Å². The summed E-state index contributed by atoms with van der Waals surface area (Å²) in [4.78, 5) is 28.0. The molecule has 1 atom stereocenters. The smallest absolute Gasteiger partial charge is 0.247 e. The van der Waals surface area contributed by atoms with E-state index in [1.54, 1.807) is 11.0 Å². The molecular formula is C22H25N3O4S2. The van der Waals surface area contributed by atoms with Gasteiger partial charge in [-0.25, -0.2) is 13.1 Å². The summed E-state index contributed by atoms with van der Waals surface area (Å²) >= 11 is 1.18. The fraction of sp³-hybridized carbons (Fsp3) is 0.364. The van der Waals surface area contributed by atoms with Crippen LogP contribution in [0.25, 0.3) is 0 Å². The first-order valence-corrected chi connectivity index (χ1v) is 12.6. The lowest BCUT2D eigenvalue weighted by molar-refractivity contribution is -0.135. The van der Waals surface area contributed by atoms with E-state index in [0.717, 1.165) is 18.4 Å². The average molecular weight is 460 g/mol. The van der Waals surface area contributed by atoms with Gasteiger partial charge in [-0.1, -0.05) is 37.3 Å². The largest absolute Gasteiger partial charge is 0.341 e. The van der Waals surface area contributed by atoms with Crippen molar-refractivity contribution in [3.63, 3.8) is 0 Å². The van der Waals surface area contributed by atoms with Gasteiger partial charge in [0.15, 0.2) is 5.25 Å². The summed E-state index contributed by atoms with van der Waals surface area (Å²) in [6, 6.07) is 13.8. The number of rotatable bonds is 5. The summed E-state index contributed by atoms with van der Waals surface area (Å²) in [5, 5.41) is 1.88. The Morgan fingerprint density at radius 2 is 1.87 bits per heavy atom. The first-order valence-electron chi connectivity index (χ1n) is 10.3. The van der Waals surface area contributed by atoms with Crippen molar-refractivity contribution in [1.29, 1.82) is 0 Å². The fourth-order valence-electron chi connectivity index (χ4n) is 3.67. The highest BCUT2D eigenvalue weighted by Gasteiger charge is 2.37. The van der Waals surface area contributed by atoms with E-state index in [4.69, 9.17) is 0 Å². The lowest BCUT2D eigenvalue weighted by Gasteiger charge is -2.33. The predicted molar refractivity (Wildman–Crippen MR) is 120 cm³/mol. The molecule has 2 aromatic carbocycles. The monoisotopic (exact) mass is 459 g/mol. The van der Waals surface area contributed by atoms with Crippen molar-refractivity contribution in [2.24, 2.45) is 5.92 Å². The summed E-state index contributed by atoms with van der Waals surface area (Å²) in [7, 11) is -3.75. The van der Waals surface area contributed by atoms with Crippen LogP contribution < -0.4 is 10.0 Å². The van der Waals surface area contributed by atoms with E-state index in [0.29, 0.717) is 29.6 Å². The van der Waals surface area contributed by atoms with Crippen LogP contribution in [0.3, 0.4) is 0 Å². The van der Waals surface area contributed by atoms with Crippen molar-refractivity contribution in [3.05, 3.63) is 54.1 Å². The number of benzene rings is 2. The number of piperidine rings is 1. The van der Waals surface area contributed by atoms with Crippen molar-refractivity contribution >= 4 is 39.3 Å². The van der Waals surface area contributed by atoms with Crippen LogP contribution in [0.2, 0.25) is 0 Å². The van der Waals surface area contributed by atoms with Crippen molar-refractivity contribution in [2.45, 2.75) is 41.4 Å². The number of thioether (sulfide) groups is 1. The number of anilines is 1. The SMILES string of the molecule is CC1CCN(C(=O)[C@H]2Sc3ccc(S(=O)(=O)NCc4ccccc4)cc3NC2=O)CC1. The second-order valence-corrected chi connectivity index (χ2v) is 10.9. The molecule has 7 nitrogen and oxygen atoms in total. The zero-order valence-corrected chi connectivity index (χ0v) is 18.8. The third-order valence-electron chi connectivity index (χ3n) is 5.63. The van der Waals surface area contributed by atoms with E-state index in [1.165, 1.54) is 23.9 Å². The van der Waals surface area contributed by atoms with Crippen LogP contribution in [0.5, 0.6) is 0 Å². The molecule has 2 aliphatic heterocycles. The van der Waals surface area contributed by atoms with E-state index in [9.17, 15) is 18.0 Å². The molecule has 31 heavy (non-hydrogen) atoms. The topological polar surface area (TPSA) is 95.6 Å². The normalized spacial score (nSPS) is 19.6. The summed E-state index contributed by atoms with van der Waals surface area (Å²) in [6.45, 7) is 3.68. The minimum absolute atomic E-state index is 0.0675. The molecule has 0 aromatic heterocycles. The van der Waals surface area contributed by atoms with E-state index in [1.807, 2.05) is 30.3 Å². The standard InChI is InChI=1S/C22H25N3O4S2/c1-15-9-11-25(12-10-15)22(27)20-21(26)24-18-13-17(7-8-19(18)30-20)31(28,29)23-14-16-5-3-2-4-6-16/h2-8,13,15,20,23H,9-12,14H2,1H3,(H,24,26)/t20-/m0/s1. The van der Waals surface area contributed by atoms with Gasteiger partial charge in [-0.3, -0.25) is 9.59 Å². The molecule has 2 aromatic rings. The van der Waals surface area contributed by atoms with Crippen LogP contribution in [0, 0.1) is 5.92 Å². The molecule has 4 rings (SSSR count). The summed E-state index contributed by atoms with van der Waals surface area (Å²) in [5.41, 5.74) is 1.26. The van der Waals surface area contributed by atoms with Gasteiger partial charge in [0.2, 0.25) is 21.8 Å². The van der Waals surface area contributed by atoms with E-state index >= 15 is 0 Å². The van der Waals surface area contributed by atoms with Crippen molar-refractivity contribution < 1.29 is 18.0 Å². The Balaban J connectivity index is 1.47. The van der Waals surface area contributed by atoms with E-state index in [-0.39, 0.29) is 17.3 Å². The van der Waals surface area contributed by atoms with Crippen LogP contribution in [-0.4, -0.2) is 43.5 Å². The number of amides is 2. The zero-order valence-electron chi connectivity index (χ0n) is 17.2. The number of fused-ring (bicyclic) bond motifs is 1. The van der Waals surface area contributed by atoms with E-state index in [2.05, 4.69) is 17.0 Å². The predicted octanol–water partition coefficient (Wildman–Crippen LogP) is 2.84. The Bertz CT molecular complexity index is 1080. The van der Waals surface area contributed by atoms with Gasteiger partial charge in [-0.2, -0.15) is 0 Å². The summed E-state index contributed by atoms with van der Waals surface area (Å²) < 4.78 is 27.9. The highest BCUT2D eigenvalue weighted by Crippen LogP contribution is 2.38. The number of likely N-dealkylation sites (tertiary alicyclic amines) is 1. The second kappa shape index (κ2) is 9.02. The number of nitrogens with zero attached hydrogens (tertiary/aromatic N) is 1. The Hall–Kier alpha value is -2.36. The molecule has 0 spiro atoms. The molecule has 0 unspecified atom stereocenters. The summed E-state index contributed by atoms with van der Waals surface area (Å²) in [5.74, 6) is 0.00247. The molecule has 0 saturated carbocycles. The quantitative estimate of drug-likeness (QED) is 0.671. The fourth-order valence-corrected chi connectivity index (χ4v) is 5.77. The Kier molecular flexibility index (Phi) is 6.36. The van der Waals surface area contributed by atoms with Gasteiger partial charge < -0.3 is 10.2 Å². The first-order chi connectivity index (χ1) is 14.8. The number of hydrogen-bond acceptors (Lipinski definition) is 5.